The quantitative estimate of drug-likeness (QED) is 0.384. The maximum Gasteiger partial charge on any atom is 0.132 e. The molecule has 0 N–H and O–H groups in total. The molecule has 1 aliphatic rings. The molecule has 1 nitrogen and oxygen atoms in total. The van der Waals surface area contributed by atoms with E-state index in [1.165, 1.54) is 63.4 Å². The van der Waals surface area contributed by atoms with E-state index in [9.17, 15) is 4.39 Å². The summed E-state index contributed by atoms with van der Waals surface area (Å²) >= 11 is 0. The SMILES string of the molecule is CCCC(CCC)[C@@H]1CCCC[C@H]1CCc1ccc(-c2ccc(CC)cn2)c(F)c1. The van der Waals surface area contributed by atoms with E-state index in [-0.39, 0.29) is 5.82 Å². The van der Waals surface area contributed by atoms with Crippen LogP contribution in [0.1, 0.15) is 89.7 Å². The fourth-order valence-corrected chi connectivity index (χ4v) is 5.60. The summed E-state index contributed by atoms with van der Waals surface area (Å²) in [5.74, 6) is 2.44. The zero-order valence-corrected chi connectivity index (χ0v) is 19.3. The van der Waals surface area contributed by atoms with E-state index in [0.717, 1.165) is 41.9 Å². The summed E-state index contributed by atoms with van der Waals surface area (Å²) in [6, 6.07) is 9.76. The molecule has 1 aromatic heterocycles. The zero-order chi connectivity index (χ0) is 21.3. The molecule has 1 heterocycles. The van der Waals surface area contributed by atoms with Gasteiger partial charge in [0, 0.05) is 11.8 Å². The number of hydrogen-bond acceptors (Lipinski definition) is 1. The van der Waals surface area contributed by atoms with Crippen molar-refractivity contribution in [1.82, 2.24) is 4.98 Å². The van der Waals surface area contributed by atoms with Crippen molar-refractivity contribution in [2.45, 2.75) is 91.4 Å². The van der Waals surface area contributed by atoms with Gasteiger partial charge in [-0.25, -0.2) is 4.39 Å². The van der Waals surface area contributed by atoms with Crippen molar-refractivity contribution in [2.75, 3.05) is 0 Å². The minimum absolute atomic E-state index is 0.140. The lowest BCUT2D eigenvalue weighted by Crippen LogP contribution is -2.27. The van der Waals surface area contributed by atoms with Crippen LogP contribution < -0.4 is 0 Å². The van der Waals surface area contributed by atoms with Crippen LogP contribution in [-0.2, 0) is 12.8 Å². The first-order valence-corrected chi connectivity index (χ1v) is 12.4. The van der Waals surface area contributed by atoms with Crippen molar-refractivity contribution in [3.8, 4) is 11.3 Å². The van der Waals surface area contributed by atoms with Gasteiger partial charge in [0.1, 0.15) is 5.82 Å². The van der Waals surface area contributed by atoms with Crippen LogP contribution in [0.5, 0.6) is 0 Å². The first-order valence-electron chi connectivity index (χ1n) is 12.4. The average Bonchev–Trinajstić information content (AvgIpc) is 2.78. The van der Waals surface area contributed by atoms with Crippen molar-refractivity contribution < 1.29 is 4.39 Å². The average molecular weight is 410 g/mol. The molecular weight excluding hydrogens is 369 g/mol. The van der Waals surface area contributed by atoms with Crippen LogP contribution in [0.25, 0.3) is 11.3 Å². The molecule has 2 atom stereocenters. The van der Waals surface area contributed by atoms with Crippen LogP contribution in [0.15, 0.2) is 36.5 Å². The summed E-state index contributed by atoms with van der Waals surface area (Å²) in [4.78, 5) is 4.45. The van der Waals surface area contributed by atoms with Crippen molar-refractivity contribution in [3.05, 3.63) is 53.5 Å². The van der Waals surface area contributed by atoms with Gasteiger partial charge in [-0.05, 0) is 72.8 Å². The van der Waals surface area contributed by atoms with E-state index in [4.69, 9.17) is 0 Å². The number of halogens is 1. The Bertz CT molecular complexity index is 761. The summed E-state index contributed by atoms with van der Waals surface area (Å²) in [5, 5.41) is 0. The topological polar surface area (TPSA) is 12.9 Å². The molecule has 0 saturated heterocycles. The lowest BCUT2D eigenvalue weighted by Gasteiger charge is -2.37. The van der Waals surface area contributed by atoms with Crippen molar-refractivity contribution >= 4 is 0 Å². The highest BCUT2D eigenvalue weighted by molar-refractivity contribution is 5.60. The summed E-state index contributed by atoms with van der Waals surface area (Å²) in [6.07, 6.45) is 15.9. The second kappa shape index (κ2) is 11.6. The fourth-order valence-electron chi connectivity index (χ4n) is 5.60. The molecule has 0 bridgehead atoms. The van der Waals surface area contributed by atoms with Gasteiger partial charge < -0.3 is 0 Å². The van der Waals surface area contributed by atoms with Gasteiger partial charge in [-0.1, -0.05) is 77.8 Å². The van der Waals surface area contributed by atoms with Crippen LogP contribution in [-0.4, -0.2) is 4.98 Å². The molecule has 1 fully saturated rings. The minimum atomic E-state index is -0.140. The molecule has 1 aromatic carbocycles. The number of aryl methyl sites for hydroxylation is 2. The van der Waals surface area contributed by atoms with E-state index < -0.39 is 0 Å². The Kier molecular flexibility index (Phi) is 8.90. The lowest BCUT2D eigenvalue weighted by atomic mass is 9.68. The Morgan fingerprint density at radius 2 is 1.70 bits per heavy atom. The Labute approximate surface area is 183 Å². The van der Waals surface area contributed by atoms with Gasteiger partial charge in [0.05, 0.1) is 5.69 Å². The minimum Gasteiger partial charge on any atom is -0.256 e. The van der Waals surface area contributed by atoms with Crippen molar-refractivity contribution in [1.29, 1.82) is 0 Å². The third-order valence-electron chi connectivity index (χ3n) is 7.24. The van der Waals surface area contributed by atoms with Gasteiger partial charge in [0.15, 0.2) is 0 Å². The predicted molar refractivity (Wildman–Crippen MR) is 126 cm³/mol. The van der Waals surface area contributed by atoms with Gasteiger partial charge in [0.25, 0.3) is 0 Å². The fraction of sp³-hybridized carbons (Fsp3) is 0.607. The van der Waals surface area contributed by atoms with Crippen LogP contribution in [0.4, 0.5) is 4.39 Å². The van der Waals surface area contributed by atoms with Crippen LogP contribution in [0.2, 0.25) is 0 Å². The lowest BCUT2D eigenvalue weighted by molar-refractivity contribution is 0.136. The Morgan fingerprint density at radius 1 is 0.967 bits per heavy atom. The molecule has 2 aromatic rings. The first kappa shape index (κ1) is 23.0. The molecule has 0 aliphatic heterocycles. The number of rotatable bonds is 10. The smallest absolute Gasteiger partial charge is 0.132 e. The van der Waals surface area contributed by atoms with Crippen LogP contribution >= 0.6 is 0 Å². The van der Waals surface area contributed by atoms with Gasteiger partial charge in [-0.15, -0.1) is 0 Å². The van der Waals surface area contributed by atoms with Crippen LogP contribution in [0, 0.1) is 23.6 Å². The number of aromatic nitrogens is 1. The van der Waals surface area contributed by atoms with Gasteiger partial charge in [0.2, 0.25) is 0 Å². The maximum absolute atomic E-state index is 14.8. The molecule has 1 saturated carbocycles. The second-order valence-corrected chi connectivity index (χ2v) is 9.30. The standard InChI is InChI=1S/C28H40FN/c1-4-9-23(10-5-2)25-12-8-7-11-24(25)16-13-22-14-17-26(27(29)19-22)28-18-15-21(6-3)20-30-28/h14-15,17-20,23-25H,4-13,16H2,1-3H3/t24-,25-/m0/s1. The molecule has 0 radical (unpaired) electrons. The first-order chi connectivity index (χ1) is 14.7. The number of pyridine rings is 1. The summed E-state index contributed by atoms with van der Waals surface area (Å²) < 4.78 is 14.8. The summed E-state index contributed by atoms with van der Waals surface area (Å²) in [6.45, 7) is 6.76. The molecule has 0 unspecified atom stereocenters. The van der Waals surface area contributed by atoms with E-state index in [2.05, 4.69) is 31.8 Å². The molecule has 2 heteroatoms. The Morgan fingerprint density at radius 3 is 2.33 bits per heavy atom. The van der Waals surface area contributed by atoms with Crippen molar-refractivity contribution in [3.63, 3.8) is 0 Å². The molecule has 1 aliphatic carbocycles. The third-order valence-corrected chi connectivity index (χ3v) is 7.24. The molecular formula is C28H40FN. The number of hydrogen-bond donors (Lipinski definition) is 0. The summed E-state index contributed by atoms with van der Waals surface area (Å²) in [7, 11) is 0. The largest absolute Gasteiger partial charge is 0.256 e. The molecule has 30 heavy (non-hydrogen) atoms. The number of nitrogens with zero attached hydrogens (tertiary/aromatic N) is 1. The zero-order valence-electron chi connectivity index (χ0n) is 19.3. The molecule has 0 spiro atoms. The Hall–Kier alpha value is -1.70. The predicted octanol–water partition coefficient (Wildman–Crippen LogP) is 8.41. The molecule has 0 amide bonds. The number of benzene rings is 1. The monoisotopic (exact) mass is 409 g/mol. The van der Waals surface area contributed by atoms with Gasteiger partial charge >= 0.3 is 0 Å². The summed E-state index contributed by atoms with van der Waals surface area (Å²) in [5.41, 5.74) is 3.66. The maximum atomic E-state index is 14.8. The highest BCUT2D eigenvalue weighted by Crippen LogP contribution is 2.41. The van der Waals surface area contributed by atoms with Crippen molar-refractivity contribution in [2.24, 2.45) is 17.8 Å². The van der Waals surface area contributed by atoms with E-state index >= 15 is 0 Å². The van der Waals surface area contributed by atoms with Gasteiger partial charge in [-0.3, -0.25) is 4.98 Å². The highest BCUT2D eigenvalue weighted by atomic mass is 19.1. The highest BCUT2D eigenvalue weighted by Gasteiger charge is 2.30. The molecule has 3 rings (SSSR count). The second-order valence-electron chi connectivity index (χ2n) is 9.30. The van der Waals surface area contributed by atoms with Gasteiger partial charge in [-0.2, -0.15) is 0 Å². The normalized spacial score (nSPS) is 19.4. The van der Waals surface area contributed by atoms with Crippen LogP contribution in [0.3, 0.4) is 0 Å². The Balaban J connectivity index is 1.65. The van der Waals surface area contributed by atoms with E-state index in [1.54, 1.807) is 6.07 Å². The van der Waals surface area contributed by atoms with E-state index in [0.29, 0.717) is 5.56 Å². The van der Waals surface area contributed by atoms with E-state index in [1.807, 2.05) is 24.4 Å². The third kappa shape index (κ3) is 5.93. The molecule has 164 valence electrons.